The molecule has 0 amide bonds. The Kier molecular flexibility index (Phi) is 6.06. The Labute approximate surface area is 129 Å². The summed E-state index contributed by atoms with van der Waals surface area (Å²) in [7, 11) is 3.41. The monoisotopic (exact) mass is 296 g/mol. The molecule has 21 heavy (non-hydrogen) atoms. The molecule has 1 saturated carbocycles. The summed E-state index contributed by atoms with van der Waals surface area (Å²) in [5, 5.41) is 3.28. The average molecular weight is 296 g/mol. The fourth-order valence-electron chi connectivity index (χ4n) is 4.39. The summed E-state index contributed by atoms with van der Waals surface area (Å²) in [6.07, 6.45) is 10.7. The molecule has 4 nitrogen and oxygen atoms in total. The Hall–Kier alpha value is -0.610. The second-order valence-corrected chi connectivity index (χ2v) is 6.75. The third-order valence-electron chi connectivity index (χ3n) is 5.54. The van der Waals surface area contributed by atoms with E-state index in [-0.39, 0.29) is 5.97 Å². The number of rotatable bonds is 5. The molecule has 1 heterocycles. The van der Waals surface area contributed by atoms with E-state index in [4.69, 9.17) is 4.74 Å². The minimum Gasteiger partial charge on any atom is -0.468 e. The lowest BCUT2D eigenvalue weighted by Crippen LogP contribution is -2.59. The summed E-state index contributed by atoms with van der Waals surface area (Å²) in [4.78, 5) is 15.0. The van der Waals surface area contributed by atoms with Crippen LogP contribution in [0.25, 0.3) is 0 Å². The summed E-state index contributed by atoms with van der Waals surface area (Å²) < 4.78 is 5.07. The Bertz CT molecular complexity index is 346. The molecule has 0 aromatic carbocycles. The van der Waals surface area contributed by atoms with Gasteiger partial charge in [-0.15, -0.1) is 0 Å². The molecule has 2 fully saturated rings. The van der Waals surface area contributed by atoms with E-state index in [9.17, 15) is 4.79 Å². The maximum absolute atomic E-state index is 12.3. The number of nitrogens with one attached hydrogen (secondary N) is 1. The van der Waals surface area contributed by atoms with Crippen molar-refractivity contribution in [2.75, 3.05) is 20.7 Å². The van der Waals surface area contributed by atoms with Crippen molar-refractivity contribution in [2.24, 2.45) is 0 Å². The SMILES string of the molecule is CCCC1CCCCN1C1CCCC(NC)(C(=O)OC)C1. The molecule has 3 unspecified atom stereocenters. The van der Waals surface area contributed by atoms with Crippen molar-refractivity contribution in [3.05, 3.63) is 0 Å². The van der Waals surface area contributed by atoms with Crippen LogP contribution < -0.4 is 5.32 Å². The Balaban J connectivity index is 2.09. The van der Waals surface area contributed by atoms with Gasteiger partial charge in [0.1, 0.15) is 5.54 Å². The first kappa shape index (κ1) is 16.8. The van der Waals surface area contributed by atoms with Crippen LogP contribution in [0.1, 0.15) is 64.7 Å². The molecule has 0 spiro atoms. The van der Waals surface area contributed by atoms with Crippen molar-refractivity contribution >= 4 is 5.97 Å². The minimum absolute atomic E-state index is 0.0845. The van der Waals surface area contributed by atoms with E-state index in [2.05, 4.69) is 17.1 Å². The van der Waals surface area contributed by atoms with Gasteiger partial charge in [0.25, 0.3) is 0 Å². The number of likely N-dealkylation sites (tertiary alicyclic amines) is 1. The predicted molar refractivity (Wildman–Crippen MR) is 85.3 cm³/mol. The molecule has 3 atom stereocenters. The summed E-state index contributed by atoms with van der Waals surface area (Å²) in [6, 6.07) is 1.25. The van der Waals surface area contributed by atoms with E-state index in [0.29, 0.717) is 6.04 Å². The van der Waals surface area contributed by atoms with Crippen molar-refractivity contribution in [1.29, 1.82) is 0 Å². The van der Waals surface area contributed by atoms with E-state index in [1.165, 1.54) is 52.2 Å². The second kappa shape index (κ2) is 7.59. The molecule has 0 bridgehead atoms. The summed E-state index contributed by atoms with van der Waals surface area (Å²) in [5.41, 5.74) is -0.466. The third-order valence-corrected chi connectivity index (χ3v) is 5.54. The molecule has 2 aliphatic rings. The van der Waals surface area contributed by atoms with E-state index >= 15 is 0 Å². The first-order valence-corrected chi connectivity index (χ1v) is 8.70. The van der Waals surface area contributed by atoms with Gasteiger partial charge in [0.05, 0.1) is 7.11 Å². The van der Waals surface area contributed by atoms with Gasteiger partial charge in [0.2, 0.25) is 0 Å². The molecule has 0 aromatic heterocycles. The molecular weight excluding hydrogens is 264 g/mol. The van der Waals surface area contributed by atoms with Crippen LogP contribution in [-0.4, -0.2) is 49.2 Å². The molecule has 1 saturated heterocycles. The molecule has 4 heteroatoms. The van der Waals surface area contributed by atoms with Crippen LogP contribution in [0.15, 0.2) is 0 Å². The minimum atomic E-state index is -0.466. The van der Waals surface area contributed by atoms with E-state index in [1.54, 1.807) is 0 Å². The molecule has 0 aromatic rings. The smallest absolute Gasteiger partial charge is 0.326 e. The highest BCUT2D eigenvalue weighted by Crippen LogP contribution is 2.35. The average Bonchev–Trinajstić information content (AvgIpc) is 2.55. The number of hydrogen-bond acceptors (Lipinski definition) is 4. The number of methoxy groups -OCH3 is 1. The maximum Gasteiger partial charge on any atom is 0.326 e. The van der Waals surface area contributed by atoms with Gasteiger partial charge in [-0.3, -0.25) is 9.69 Å². The van der Waals surface area contributed by atoms with Gasteiger partial charge in [-0.2, -0.15) is 0 Å². The normalized spacial score (nSPS) is 34.6. The standard InChI is InChI=1S/C17H32N2O2/c1-4-8-14-9-5-6-12-19(14)15-10-7-11-17(13-15,18-2)16(20)21-3/h14-15,18H,4-13H2,1-3H3. The van der Waals surface area contributed by atoms with Gasteiger partial charge in [-0.05, 0) is 58.5 Å². The van der Waals surface area contributed by atoms with Crippen LogP contribution in [0, 0.1) is 0 Å². The van der Waals surface area contributed by atoms with Crippen molar-refractivity contribution < 1.29 is 9.53 Å². The third kappa shape index (κ3) is 3.59. The number of nitrogens with zero attached hydrogens (tertiary/aromatic N) is 1. The first-order valence-electron chi connectivity index (χ1n) is 8.70. The largest absolute Gasteiger partial charge is 0.468 e. The summed E-state index contributed by atoms with van der Waals surface area (Å²) in [6.45, 7) is 3.48. The fraction of sp³-hybridized carbons (Fsp3) is 0.941. The molecule has 0 radical (unpaired) electrons. The molecule has 1 N–H and O–H groups in total. The number of piperidine rings is 1. The number of esters is 1. The molecule has 1 aliphatic carbocycles. The lowest BCUT2D eigenvalue weighted by atomic mass is 9.77. The number of likely N-dealkylation sites (N-methyl/N-ethyl adjacent to an activating group) is 1. The quantitative estimate of drug-likeness (QED) is 0.792. The molecule has 122 valence electrons. The van der Waals surface area contributed by atoms with Crippen LogP contribution in [0.2, 0.25) is 0 Å². The lowest BCUT2D eigenvalue weighted by Gasteiger charge is -2.47. The van der Waals surface area contributed by atoms with Crippen molar-refractivity contribution in [3.63, 3.8) is 0 Å². The lowest BCUT2D eigenvalue weighted by molar-refractivity contribution is -0.151. The van der Waals surface area contributed by atoms with Gasteiger partial charge in [0, 0.05) is 12.1 Å². The van der Waals surface area contributed by atoms with Crippen molar-refractivity contribution in [3.8, 4) is 0 Å². The number of carbonyl (C=O) groups excluding carboxylic acids is 1. The molecule has 2 rings (SSSR count). The second-order valence-electron chi connectivity index (χ2n) is 6.75. The molecule has 1 aliphatic heterocycles. The Morgan fingerprint density at radius 2 is 2.14 bits per heavy atom. The fourth-order valence-corrected chi connectivity index (χ4v) is 4.39. The van der Waals surface area contributed by atoms with Crippen LogP contribution >= 0.6 is 0 Å². The number of carbonyl (C=O) groups is 1. The zero-order valence-corrected chi connectivity index (χ0v) is 14.0. The van der Waals surface area contributed by atoms with E-state index in [1.807, 2.05) is 7.05 Å². The highest BCUT2D eigenvalue weighted by atomic mass is 16.5. The highest BCUT2D eigenvalue weighted by Gasteiger charge is 2.45. The number of hydrogen-bond donors (Lipinski definition) is 1. The van der Waals surface area contributed by atoms with Gasteiger partial charge in [-0.25, -0.2) is 0 Å². The zero-order valence-electron chi connectivity index (χ0n) is 14.0. The van der Waals surface area contributed by atoms with Crippen LogP contribution in [0.5, 0.6) is 0 Å². The summed E-state index contributed by atoms with van der Waals surface area (Å²) in [5.74, 6) is -0.0845. The predicted octanol–water partition coefficient (Wildman–Crippen LogP) is 2.71. The zero-order chi connectivity index (χ0) is 15.3. The van der Waals surface area contributed by atoms with Crippen LogP contribution in [0.4, 0.5) is 0 Å². The van der Waals surface area contributed by atoms with Gasteiger partial charge < -0.3 is 10.1 Å². The molecular formula is C17H32N2O2. The number of ether oxygens (including phenoxy) is 1. The Morgan fingerprint density at radius 1 is 1.33 bits per heavy atom. The van der Waals surface area contributed by atoms with Crippen LogP contribution in [0.3, 0.4) is 0 Å². The van der Waals surface area contributed by atoms with Crippen LogP contribution in [-0.2, 0) is 9.53 Å². The highest BCUT2D eigenvalue weighted by molar-refractivity contribution is 5.81. The summed E-state index contributed by atoms with van der Waals surface area (Å²) >= 11 is 0. The van der Waals surface area contributed by atoms with Gasteiger partial charge >= 0.3 is 5.97 Å². The maximum atomic E-state index is 12.3. The van der Waals surface area contributed by atoms with Gasteiger partial charge in [-0.1, -0.05) is 19.8 Å². The van der Waals surface area contributed by atoms with E-state index < -0.39 is 5.54 Å². The van der Waals surface area contributed by atoms with E-state index in [0.717, 1.165) is 25.3 Å². The van der Waals surface area contributed by atoms with Gasteiger partial charge in [0.15, 0.2) is 0 Å². The topological polar surface area (TPSA) is 41.6 Å². The first-order chi connectivity index (χ1) is 10.2. The Morgan fingerprint density at radius 3 is 2.81 bits per heavy atom. The van der Waals surface area contributed by atoms with Crippen molar-refractivity contribution in [2.45, 2.75) is 82.3 Å². The van der Waals surface area contributed by atoms with Crippen molar-refractivity contribution in [1.82, 2.24) is 10.2 Å².